The summed E-state index contributed by atoms with van der Waals surface area (Å²) in [6.07, 6.45) is -3.20. The van der Waals surface area contributed by atoms with Crippen molar-refractivity contribution >= 4 is 5.91 Å². The summed E-state index contributed by atoms with van der Waals surface area (Å²) < 4.78 is 46.3. The second-order valence-electron chi connectivity index (χ2n) is 7.28. The van der Waals surface area contributed by atoms with Crippen molar-refractivity contribution in [2.75, 3.05) is 26.7 Å². The Morgan fingerprint density at radius 3 is 2.39 bits per heavy atom. The number of nitrogens with zero attached hydrogens (tertiary/aromatic N) is 2. The number of carbonyl (C=O) groups excluding carboxylic acids is 1. The van der Waals surface area contributed by atoms with E-state index in [1.807, 2.05) is 0 Å². The average molecular weight is 395 g/mol. The quantitative estimate of drug-likeness (QED) is 0.847. The predicted octanol–water partition coefficient (Wildman–Crippen LogP) is 3.50. The molecule has 2 aromatic rings. The number of methoxy groups -OCH3 is 1. The fraction of sp³-hybridized carbons (Fsp3) is 0.450. The van der Waals surface area contributed by atoms with Crippen molar-refractivity contribution in [1.29, 1.82) is 0 Å². The lowest BCUT2D eigenvalue weighted by Gasteiger charge is -2.45. The molecular formula is C20H24F3N3O2. The summed E-state index contributed by atoms with van der Waals surface area (Å²) in [5.41, 5.74) is 0.136. The van der Waals surface area contributed by atoms with E-state index < -0.39 is 17.4 Å². The van der Waals surface area contributed by atoms with E-state index in [-0.39, 0.29) is 7.33 Å². The van der Waals surface area contributed by atoms with E-state index >= 15 is 0 Å². The van der Waals surface area contributed by atoms with Gasteiger partial charge in [-0.3, -0.25) is 4.79 Å². The minimum absolute atomic E-state index is 0. The van der Waals surface area contributed by atoms with Gasteiger partial charge in [0.15, 0.2) is 0 Å². The molecule has 0 saturated carbocycles. The summed E-state index contributed by atoms with van der Waals surface area (Å²) in [5.74, 6) is 0.612. The van der Waals surface area contributed by atoms with Crippen LogP contribution < -0.4 is 10.1 Å². The van der Waals surface area contributed by atoms with Crippen LogP contribution in [0.4, 0.5) is 13.2 Å². The molecular weight excluding hydrogens is 371 g/mol. The third-order valence-corrected chi connectivity index (χ3v) is 5.80. The number of aromatic nitrogens is 1. The Morgan fingerprint density at radius 1 is 1.11 bits per heavy atom. The van der Waals surface area contributed by atoms with Gasteiger partial charge in [0.2, 0.25) is 0 Å². The van der Waals surface area contributed by atoms with Gasteiger partial charge in [0, 0.05) is 38.9 Å². The Hall–Kier alpha value is -2.48. The third-order valence-electron chi connectivity index (χ3n) is 5.80. The van der Waals surface area contributed by atoms with Crippen molar-refractivity contribution in [2.45, 2.75) is 31.1 Å². The van der Waals surface area contributed by atoms with Gasteiger partial charge in [0.05, 0.1) is 12.6 Å². The predicted molar refractivity (Wildman–Crippen MR) is 99.4 cm³/mol. The molecule has 1 aromatic heterocycles. The van der Waals surface area contributed by atoms with E-state index in [0.717, 1.165) is 0 Å². The van der Waals surface area contributed by atoms with Crippen molar-refractivity contribution in [3.05, 3.63) is 53.3 Å². The van der Waals surface area contributed by atoms with E-state index in [9.17, 15) is 18.0 Å². The Kier molecular flexibility index (Phi) is 4.61. The fourth-order valence-corrected chi connectivity index (χ4v) is 4.31. The number of ether oxygens (including phenoxy) is 1. The summed E-state index contributed by atoms with van der Waals surface area (Å²) >= 11 is 0. The molecule has 1 fully saturated rings. The maximum Gasteiger partial charge on any atom is 0.431 e. The van der Waals surface area contributed by atoms with Gasteiger partial charge in [0.1, 0.15) is 11.4 Å². The third kappa shape index (κ3) is 3.15. The maximum absolute atomic E-state index is 13.3. The highest BCUT2D eigenvalue weighted by atomic mass is 19.4. The van der Waals surface area contributed by atoms with Gasteiger partial charge < -0.3 is 19.5 Å². The standard InChI is InChI=1S/C20H22F3N3O2.H2/c1-28-15-4-2-14(3-5-15)18(27)25-11-8-19(9-12-25)16-6-7-17(20(21,22)23)26(16)13-10-24-19;/h2-7,24H,8-13H2,1H3;1H. The zero-order chi connectivity index (χ0) is 19.9. The number of halogens is 3. The second kappa shape index (κ2) is 6.84. The van der Waals surface area contributed by atoms with Gasteiger partial charge in [-0.1, -0.05) is 0 Å². The summed E-state index contributed by atoms with van der Waals surface area (Å²) in [7, 11) is 1.57. The molecule has 1 amide bonds. The Labute approximate surface area is 162 Å². The highest BCUT2D eigenvalue weighted by molar-refractivity contribution is 5.94. The van der Waals surface area contributed by atoms with Gasteiger partial charge in [-0.2, -0.15) is 13.2 Å². The lowest BCUT2D eigenvalue weighted by Crippen LogP contribution is -2.56. The summed E-state index contributed by atoms with van der Waals surface area (Å²) in [4.78, 5) is 14.5. The van der Waals surface area contributed by atoms with Crippen LogP contribution in [0.15, 0.2) is 36.4 Å². The van der Waals surface area contributed by atoms with E-state index in [1.165, 1.54) is 10.6 Å². The maximum atomic E-state index is 13.3. The first-order valence-corrected chi connectivity index (χ1v) is 9.30. The van der Waals surface area contributed by atoms with Crippen molar-refractivity contribution in [3.63, 3.8) is 0 Å². The number of benzene rings is 1. The zero-order valence-electron chi connectivity index (χ0n) is 15.6. The molecule has 1 saturated heterocycles. The number of amides is 1. The topological polar surface area (TPSA) is 46.5 Å². The zero-order valence-corrected chi connectivity index (χ0v) is 15.6. The monoisotopic (exact) mass is 395 g/mol. The molecule has 28 heavy (non-hydrogen) atoms. The van der Waals surface area contributed by atoms with Crippen LogP contribution in [-0.4, -0.2) is 42.1 Å². The van der Waals surface area contributed by atoms with Gasteiger partial charge in [-0.05, 0) is 49.2 Å². The summed E-state index contributed by atoms with van der Waals surface area (Å²) in [6.45, 7) is 1.76. The normalized spacial score (nSPS) is 18.8. The highest BCUT2D eigenvalue weighted by Crippen LogP contribution is 2.40. The number of nitrogens with one attached hydrogen (secondary N) is 1. The highest BCUT2D eigenvalue weighted by Gasteiger charge is 2.44. The van der Waals surface area contributed by atoms with E-state index in [2.05, 4.69) is 5.32 Å². The molecule has 0 atom stereocenters. The first-order chi connectivity index (χ1) is 13.3. The molecule has 2 aliphatic heterocycles. The molecule has 1 aromatic carbocycles. The van der Waals surface area contributed by atoms with E-state index in [1.54, 1.807) is 42.3 Å². The molecule has 0 radical (unpaired) electrons. The molecule has 5 nitrogen and oxygen atoms in total. The molecule has 2 aliphatic rings. The average Bonchev–Trinajstić information content (AvgIpc) is 3.14. The Balaban J connectivity index is 0.00000240. The number of likely N-dealkylation sites (tertiary alicyclic amines) is 1. The van der Waals surface area contributed by atoms with Gasteiger partial charge in [0.25, 0.3) is 5.91 Å². The molecule has 0 aliphatic carbocycles. The molecule has 1 N–H and O–H groups in total. The lowest BCUT2D eigenvalue weighted by atomic mass is 9.83. The molecule has 3 heterocycles. The lowest BCUT2D eigenvalue weighted by molar-refractivity contribution is -0.144. The number of fused-ring (bicyclic) bond motifs is 2. The first kappa shape index (κ1) is 18.9. The number of carbonyl (C=O) groups is 1. The molecule has 4 rings (SSSR count). The number of piperidine rings is 1. The molecule has 0 bridgehead atoms. The fourth-order valence-electron chi connectivity index (χ4n) is 4.31. The van der Waals surface area contributed by atoms with Crippen LogP contribution in [0.5, 0.6) is 5.75 Å². The van der Waals surface area contributed by atoms with Crippen LogP contribution in [0.3, 0.4) is 0 Å². The summed E-state index contributed by atoms with van der Waals surface area (Å²) in [6, 6.07) is 9.69. The molecule has 152 valence electrons. The number of hydrogen-bond donors (Lipinski definition) is 1. The Bertz CT molecular complexity index is 872. The van der Waals surface area contributed by atoms with Crippen molar-refractivity contribution in [3.8, 4) is 5.75 Å². The van der Waals surface area contributed by atoms with Gasteiger partial charge in [-0.25, -0.2) is 0 Å². The molecule has 0 unspecified atom stereocenters. The van der Waals surface area contributed by atoms with E-state index in [0.29, 0.717) is 56.0 Å². The second-order valence-corrected chi connectivity index (χ2v) is 7.28. The van der Waals surface area contributed by atoms with Crippen LogP contribution in [-0.2, 0) is 18.3 Å². The van der Waals surface area contributed by atoms with Crippen LogP contribution in [0, 0.1) is 0 Å². The Morgan fingerprint density at radius 2 is 1.79 bits per heavy atom. The minimum Gasteiger partial charge on any atom is -0.497 e. The van der Waals surface area contributed by atoms with Crippen molar-refractivity contribution in [2.24, 2.45) is 0 Å². The van der Waals surface area contributed by atoms with Crippen LogP contribution in [0.25, 0.3) is 0 Å². The number of rotatable bonds is 2. The van der Waals surface area contributed by atoms with Crippen LogP contribution >= 0.6 is 0 Å². The van der Waals surface area contributed by atoms with Crippen molar-refractivity contribution in [1.82, 2.24) is 14.8 Å². The smallest absolute Gasteiger partial charge is 0.431 e. The van der Waals surface area contributed by atoms with Crippen molar-refractivity contribution < 1.29 is 24.1 Å². The number of hydrogen-bond acceptors (Lipinski definition) is 3. The summed E-state index contributed by atoms with van der Waals surface area (Å²) in [5, 5.41) is 3.43. The van der Waals surface area contributed by atoms with Gasteiger partial charge >= 0.3 is 6.18 Å². The minimum atomic E-state index is -4.36. The molecule has 1 spiro atoms. The molecule has 8 heteroatoms. The largest absolute Gasteiger partial charge is 0.497 e. The van der Waals surface area contributed by atoms with Crippen LogP contribution in [0.1, 0.15) is 36.0 Å². The SMILES string of the molecule is COc1ccc(C(=O)N2CCC3(CC2)NCCn2c(C(F)(F)F)ccc23)cc1.[HH]. The van der Waals surface area contributed by atoms with Crippen LogP contribution in [0.2, 0.25) is 0 Å². The first-order valence-electron chi connectivity index (χ1n) is 9.30. The van der Waals surface area contributed by atoms with E-state index in [4.69, 9.17) is 4.74 Å². The number of alkyl halides is 3. The van der Waals surface area contributed by atoms with Gasteiger partial charge in [-0.15, -0.1) is 0 Å².